The van der Waals surface area contributed by atoms with E-state index in [1.807, 2.05) is 34.6 Å². The van der Waals surface area contributed by atoms with Crippen LogP contribution in [-0.2, 0) is 74.3 Å². The number of hydrogen-bond donors (Lipinski definition) is 0. The quantitative estimate of drug-likeness (QED) is 0.0731. The van der Waals surface area contributed by atoms with E-state index in [9.17, 15) is 47.9 Å². The van der Waals surface area contributed by atoms with Crippen LogP contribution in [-0.4, -0.2) is 65.9 Å². The van der Waals surface area contributed by atoms with E-state index in [1.165, 1.54) is 13.3 Å². The lowest BCUT2D eigenvalue weighted by Crippen LogP contribution is -2.27. The molecular weight excluding hydrogens is 1020 g/mol. The number of aryl methyl sites for hydroxylation is 2. The molecule has 2 aliphatic rings. The molecule has 1 aliphatic carbocycles. The Morgan fingerprint density at radius 3 is 1.62 bits per heavy atom. The number of ether oxygens (including phenoxy) is 7. The molecule has 2 aromatic heterocycles. The SMILES string of the molecule is CC(C)C(=O)OC1OC(=O)c2ccccc21.CC(C)C(=O)OCCC(=O)C(C)(C)C.CC(OC(=O)OC1CCCCC1)OC(=O)C(C)C.Cc1oc(=O)oc1COC(=O)C(C)C.Cc1oc(=O)oc1CSC(=O)C(C)C. The molecule has 426 valence electrons. The molecule has 0 N–H and O–H groups in total. The van der Waals surface area contributed by atoms with Crippen molar-refractivity contribution >= 4 is 58.7 Å². The van der Waals surface area contributed by atoms with Crippen LogP contribution in [0, 0.1) is 48.9 Å². The maximum atomic E-state index is 11.4. The van der Waals surface area contributed by atoms with Gasteiger partial charge in [0.1, 0.15) is 17.6 Å². The molecule has 1 saturated carbocycles. The van der Waals surface area contributed by atoms with Gasteiger partial charge in [-0.3, -0.25) is 28.8 Å². The molecule has 1 fully saturated rings. The van der Waals surface area contributed by atoms with Gasteiger partial charge in [0.2, 0.25) is 6.29 Å². The van der Waals surface area contributed by atoms with Crippen molar-refractivity contribution in [2.75, 3.05) is 6.61 Å². The maximum Gasteiger partial charge on any atom is 0.519 e. The van der Waals surface area contributed by atoms with Gasteiger partial charge in [-0.05, 0) is 45.6 Å². The molecule has 21 nitrogen and oxygen atoms in total. The number of hydrogen-bond acceptors (Lipinski definition) is 22. The third-order valence-corrected chi connectivity index (χ3v) is 11.5. The number of cyclic esters (lactones) is 1. The fourth-order valence-electron chi connectivity index (χ4n) is 5.65. The average Bonchev–Trinajstić information content (AvgIpc) is 3.96. The molecule has 22 heteroatoms. The Hall–Kier alpha value is -6.45. The second-order valence-electron chi connectivity index (χ2n) is 20.0. The van der Waals surface area contributed by atoms with E-state index in [0.29, 0.717) is 40.6 Å². The maximum absolute atomic E-state index is 11.4. The van der Waals surface area contributed by atoms with Crippen molar-refractivity contribution in [2.24, 2.45) is 35.0 Å². The van der Waals surface area contributed by atoms with Crippen molar-refractivity contribution in [2.45, 2.75) is 180 Å². The lowest BCUT2D eigenvalue weighted by atomic mass is 9.89. The average molecular weight is 1100 g/mol. The molecular formula is C54H78O21S. The van der Waals surface area contributed by atoms with E-state index < -0.39 is 42.3 Å². The summed E-state index contributed by atoms with van der Waals surface area (Å²) in [6, 6.07) is 6.89. The van der Waals surface area contributed by atoms with Crippen LogP contribution < -0.4 is 11.6 Å². The fraction of sp³-hybridized carbons (Fsp3) is 0.630. The van der Waals surface area contributed by atoms with Crippen LogP contribution in [0.3, 0.4) is 0 Å². The van der Waals surface area contributed by atoms with Crippen molar-refractivity contribution in [3.8, 4) is 0 Å². The summed E-state index contributed by atoms with van der Waals surface area (Å²) >= 11 is 1.13. The number of ketones is 1. The molecule has 0 amide bonds. The highest BCUT2D eigenvalue weighted by atomic mass is 32.2. The first kappa shape index (κ1) is 67.6. The number of benzene rings is 1. The summed E-state index contributed by atoms with van der Waals surface area (Å²) in [6.45, 7) is 28.0. The van der Waals surface area contributed by atoms with E-state index >= 15 is 0 Å². The number of carbonyl (C=O) groups is 8. The van der Waals surface area contributed by atoms with Gasteiger partial charge in [0.15, 0.2) is 29.0 Å². The number of carbonyl (C=O) groups excluding carboxylic acids is 8. The molecule has 0 spiro atoms. The summed E-state index contributed by atoms with van der Waals surface area (Å²) in [5, 5.41) is 0.0771. The summed E-state index contributed by atoms with van der Waals surface area (Å²) in [5.74, 6) is -2.18. The smallest absolute Gasteiger partial charge is 0.465 e. The summed E-state index contributed by atoms with van der Waals surface area (Å²) in [4.78, 5) is 112. The van der Waals surface area contributed by atoms with Crippen LogP contribution in [0.4, 0.5) is 4.79 Å². The third-order valence-electron chi connectivity index (χ3n) is 10.4. The predicted molar refractivity (Wildman–Crippen MR) is 275 cm³/mol. The first-order chi connectivity index (χ1) is 35.3. The van der Waals surface area contributed by atoms with Gasteiger partial charge in [-0.15, -0.1) is 0 Å². The molecule has 3 aromatic rings. The largest absolute Gasteiger partial charge is 0.519 e. The molecule has 3 heterocycles. The molecule has 1 aliphatic heterocycles. The van der Waals surface area contributed by atoms with Crippen molar-refractivity contribution in [1.29, 1.82) is 0 Å². The van der Waals surface area contributed by atoms with Gasteiger partial charge >= 0.3 is 47.6 Å². The highest BCUT2D eigenvalue weighted by Crippen LogP contribution is 2.32. The summed E-state index contributed by atoms with van der Waals surface area (Å²) < 4.78 is 53.4. The van der Waals surface area contributed by atoms with E-state index in [-0.39, 0.29) is 88.9 Å². The highest BCUT2D eigenvalue weighted by Gasteiger charge is 2.34. The highest BCUT2D eigenvalue weighted by molar-refractivity contribution is 8.13. The Bertz CT molecular complexity index is 2380. The van der Waals surface area contributed by atoms with Crippen molar-refractivity contribution < 1.29 is 89.2 Å². The van der Waals surface area contributed by atoms with Gasteiger partial charge in [-0.25, -0.2) is 19.2 Å². The van der Waals surface area contributed by atoms with Crippen LogP contribution in [0.1, 0.15) is 181 Å². The van der Waals surface area contributed by atoms with E-state index in [1.54, 1.807) is 93.5 Å². The van der Waals surface area contributed by atoms with Gasteiger partial charge in [-0.2, -0.15) is 0 Å². The number of fused-ring (bicyclic) bond motifs is 1. The third kappa shape index (κ3) is 26.4. The molecule has 0 bridgehead atoms. The van der Waals surface area contributed by atoms with Crippen LogP contribution in [0.2, 0.25) is 0 Å². The van der Waals surface area contributed by atoms with Crippen molar-refractivity contribution in [1.82, 2.24) is 0 Å². The normalized spacial score (nSPS) is 14.2. The molecule has 2 unspecified atom stereocenters. The molecule has 0 saturated heterocycles. The Labute approximate surface area is 448 Å². The summed E-state index contributed by atoms with van der Waals surface area (Å²) in [7, 11) is 0. The first-order valence-corrected chi connectivity index (χ1v) is 26.1. The molecule has 76 heavy (non-hydrogen) atoms. The number of Topliss-reactive ketones (excluding diaryl/α,β-unsaturated/α-hetero) is 1. The topological polar surface area (TPSA) is 288 Å². The molecule has 2 atom stereocenters. The van der Waals surface area contributed by atoms with Gasteiger partial charge in [-0.1, -0.05) is 126 Å². The van der Waals surface area contributed by atoms with Gasteiger partial charge in [0.25, 0.3) is 6.29 Å². The predicted octanol–water partition coefficient (Wildman–Crippen LogP) is 10.5. The minimum atomic E-state index is -0.906. The van der Waals surface area contributed by atoms with Crippen molar-refractivity contribution in [3.05, 3.63) is 79.7 Å². The standard InChI is InChI=1S/C13H22O5.C12H12O4.C11H20O3.C9H12O5.C9H12O4S/c1-9(2)12(14)16-10(3)17-13(15)18-11-7-5-4-6-8-11;1-7(2)10(13)15-12-9-6-4-3-5-8(9)11(14)16-12;1-8(2)10(13)14-7-6-9(12)11(3,4)5;1-5(2)8(10)12-4-7-6(3)13-9(11)14-7;1-5(2)8(10)14-4-7-6(3)12-9(11)13-7/h9-11H,4-8H2,1-3H3;3-7,12H,1-2H3;8H,6-7H2,1-5H3;2*5H,4H2,1-3H3. The Kier molecular flexibility index (Phi) is 29.8. The van der Waals surface area contributed by atoms with Crippen LogP contribution in [0.25, 0.3) is 0 Å². The van der Waals surface area contributed by atoms with Gasteiger partial charge in [0.05, 0.1) is 41.6 Å². The lowest BCUT2D eigenvalue weighted by Gasteiger charge is -2.22. The van der Waals surface area contributed by atoms with E-state index in [2.05, 4.69) is 13.3 Å². The minimum absolute atomic E-state index is 0.0149. The Morgan fingerprint density at radius 1 is 0.618 bits per heavy atom. The molecule has 0 radical (unpaired) electrons. The van der Waals surface area contributed by atoms with Gasteiger partial charge in [0, 0.05) is 30.2 Å². The number of rotatable bonds is 16. The second-order valence-corrected chi connectivity index (χ2v) is 20.9. The first-order valence-electron chi connectivity index (χ1n) is 25.1. The Morgan fingerprint density at radius 2 is 1.13 bits per heavy atom. The number of esters is 5. The summed E-state index contributed by atoms with van der Waals surface area (Å²) in [6.07, 6.45) is 2.81. The fourth-order valence-corrected chi connectivity index (χ4v) is 6.52. The Balaban J connectivity index is 0.000000477. The van der Waals surface area contributed by atoms with Gasteiger partial charge < -0.3 is 50.8 Å². The van der Waals surface area contributed by atoms with E-state index in [0.717, 1.165) is 37.4 Å². The van der Waals surface area contributed by atoms with Crippen molar-refractivity contribution in [3.63, 3.8) is 0 Å². The zero-order chi connectivity index (χ0) is 58.0. The zero-order valence-corrected chi connectivity index (χ0v) is 47.6. The second kappa shape index (κ2) is 33.6. The molecule has 5 rings (SSSR count). The molecule has 1 aromatic carbocycles. The minimum Gasteiger partial charge on any atom is -0.465 e. The zero-order valence-electron chi connectivity index (χ0n) is 46.8. The monoisotopic (exact) mass is 1090 g/mol. The lowest BCUT2D eigenvalue weighted by molar-refractivity contribution is -0.173. The van der Waals surface area contributed by atoms with E-state index in [4.69, 9.17) is 37.6 Å². The van der Waals surface area contributed by atoms with Crippen LogP contribution >= 0.6 is 11.8 Å². The summed E-state index contributed by atoms with van der Waals surface area (Å²) in [5.41, 5.74) is 0.732. The van der Waals surface area contributed by atoms with Crippen LogP contribution in [0.5, 0.6) is 0 Å². The van der Waals surface area contributed by atoms with Crippen LogP contribution in [0.15, 0.2) is 51.5 Å². The number of thioether (sulfide) groups is 1.